The lowest BCUT2D eigenvalue weighted by Crippen LogP contribution is -2.59. The molecular weight excluding hydrogens is 260 g/mol. The highest BCUT2D eigenvalue weighted by Gasteiger charge is 2.35. The Bertz CT molecular complexity index is 592. The van der Waals surface area contributed by atoms with Gasteiger partial charge in [0.25, 0.3) is 0 Å². The SMILES string of the molecule is CCC1(C)CN(c2cnn(C)c2)C(c2ccccc2)CN1. The van der Waals surface area contributed by atoms with Crippen LogP contribution in [-0.4, -0.2) is 28.4 Å². The van der Waals surface area contributed by atoms with E-state index in [1.54, 1.807) is 0 Å². The van der Waals surface area contributed by atoms with Crippen molar-refractivity contribution < 1.29 is 0 Å². The monoisotopic (exact) mass is 284 g/mol. The first-order valence-electron chi connectivity index (χ1n) is 7.66. The Kier molecular flexibility index (Phi) is 3.72. The maximum Gasteiger partial charge on any atom is 0.0758 e. The third kappa shape index (κ3) is 2.81. The molecule has 1 N–H and O–H groups in total. The van der Waals surface area contributed by atoms with Gasteiger partial charge in [-0.1, -0.05) is 37.3 Å². The van der Waals surface area contributed by atoms with Crippen molar-refractivity contribution in [2.45, 2.75) is 31.8 Å². The smallest absolute Gasteiger partial charge is 0.0758 e. The first-order chi connectivity index (χ1) is 10.1. The number of aromatic nitrogens is 2. The van der Waals surface area contributed by atoms with Crippen LogP contribution < -0.4 is 10.2 Å². The molecule has 1 aliphatic rings. The van der Waals surface area contributed by atoms with Crippen LogP contribution in [-0.2, 0) is 7.05 Å². The minimum atomic E-state index is 0.154. The van der Waals surface area contributed by atoms with Gasteiger partial charge in [0.1, 0.15) is 0 Å². The van der Waals surface area contributed by atoms with Crippen molar-refractivity contribution in [2.24, 2.45) is 7.05 Å². The molecule has 1 aliphatic heterocycles. The lowest BCUT2D eigenvalue weighted by Gasteiger charge is -2.47. The lowest BCUT2D eigenvalue weighted by atomic mass is 9.91. The molecule has 0 amide bonds. The molecule has 1 aromatic heterocycles. The molecule has 1 fully saturated rings. The highest BCUT2D eigenvalue weighted by molar-refractivity contribution is 5.47. The van der Waals surface area contributed by atoms with E-state index >= 15 is 0 Å². The Morgan fingerprint density at radius 1 is 1.33 bits per heavy atom. The molecule has 112 valence electrons. The number of benzene rings is 1. The summed E-state index contributed by atoms with van der Waals surface area (Å²) in [5.41, 5.74) is 2.71. The first-order valence-corrected chi connectivity index (χ1v) is 7.66. The highest BCUT2D eigenvalue weighted by atomic mass is 15.3. The fourth-order valence-corrected chi connectivity index (χ4v) is 3.03. The molecule has 1 aromatic carbocycles. The largest absolute Gasteiger partial charge is 0.359 e. The number of nitrogens with one attached hydrogen (secondary N) is 1. The molecule has 0 radical (unpaired) electrons. The second-order valence-corrected chi connectivity index (χ2v) is 6.22. The number of rotatable bonds is 3. The molecule has 1 saturated heterocycles. The summed E-state index contributed by atoms with van der Waals surface area (Å²) in [4.78, 5) is 2.49. The van der Waals surface area contributed by atoms with Crippen LogP contribution in [0.3, 0.4) is 0 Å². The van der Waals surface area contributed by atoms with Crippen LogP contribution in [0, 0.1) is 0 Å². The molecule has 2 aromatic rings. The van der Waals surface area contributed by atoms with Crippen molar-refractivity contribution in [1.82, 2.24) is 15.1 Å². The molecule has 2 heterocycles. The van der Waals surface area contributed by atoms with Crippen molar-refractivity contribution in [3.05, 3.63) is 48.3 Å². The number of piperazine rings is 1. The van der Waals surface area contributed by atoms with Gasteiger partial charge in [-0.25, -0.2) is 0 Å². The van der Waals surface area contributed by atoms with E-state index in [9.17, 15) is 0 Å². The normalized spacial score (nSPS) is 26.0. The molecular formula is C17H24N4. The van der Waals surface area contributed by atoms with Crippen LogP contribution in [0.25, 0.3) is 0 Å². The van der Waals surface area contributed by atoms with E-state index in [0.717, 1.165) is 19.5 Å². The maximum absolute atomic E-state index is 4.35. The van der Waals surface area contributed by atoms with Crippen LogP contribution >= 0.6 is 0 Å². The van der Waals surface area contributed by atoms with E-state index < -0.39 is 0 Å². The lowest BCUT2D eigenvalue weighted by molar-refractivity contribution is 0.280. The van der Waals surface area contributed by atoms with Crippen molar-refractivity contribution in [3.8, 4) is 0 Å². The molecule has 3 rings (SSSR count). The third-order valence-electron chi connectivity index (χ3n) is 4.61. The zero-order chi connectivity index (χ0) is 14.9. The van der Waals surface area contributed by atoms with Crippen LogP contribution in [0.15, 0.2) is 42.7 Å². The van der Waals surface area contributed by atoms with Crippen molar-refractivity contribution in [1.29, 1.82) is 0 Å². The summed E-state index contributed by atoms with van der Waals surface area (Å²) in [5.74, 6) is 0. The molecule has 2 unspecified atom stereocenters. The Morgan fingerprint density at radius 3 is 2.71 bits per heavy atom. The fourth-order valence-electron chi connectivity index (χ4n) is 3.03. The Balaban J connectivity index is 1.95. The zero-order valence-electron chi connectivity index (χ0n) is 13.1. The number of aryl methyl sites for hydroxylation is 1. The number of hydrogen-bond donors (Lipinski definition) is 1. The number of anilines is 1. The summed E-state index contributed by atoms with van der Waals surface area (Å²) >= 11 is 0. The second kappa shape index (κ2) is 5.53. The van der Waals surface area contributed by atoms with E-state index in [4.69, 9.17) is 0 Å². The second-order valence-electron chi connectivity index (χ2n) is 6.22. The Labute approximate surface area is 126 Å². The molecule has 21 heavy (non-hydrogen) atoms. The summed E-state index contributed by atoms with van der Waals surface area (Å²) in [6, 6.07) is 11.1. The predicted octanol–water partition coefficient (Wildman–Crippen LogP) is 2.74. The van der Waals surface area contributed by atoms with E-state index in [2.05, 4.69) is 65.7 Å². The summed E-state index contributed by atoms with van der Waals surface area (Å²) in [6.45, 7) is 6.51. The minimum Gasteiger partial charge on any atom is -0.359 e. The standard InChI is InChI=1S/C17H24N4/c1-4-17(2)13-21(15-10-19-20(3)12-15)16(11-18-17)14-8-6-5-7-9-14/h5-10,12,16,18H,4,11,13H2,1-3H3. The molecule has 4 heteroatoms. The Hall–Kier alpha value is -1.81. The quantitative estimate of drug-likeness (QED) is 0.941. The van der Waals surface area contributed by atoms with Gasteiger partial charge in [-0.05, 0) is 18.9 Å². The summed E-state index contributed by atoms with van der Waals surface area (Å²) in [7, 11) is 1.97. The zero-order valence-corrected chi connectivity index (χ0v) is 13.1. The summed E-state index contributed by atoms with van der Waals surface area (Å²) in [5, 5.41) is 8.08. The first kappa shape index (κ1) is 14.1. The summed E-state index contributed by atoms with van der Waals surface area (Å²) < 4.78 is 1.88. The molecule has 0 saturated carbocycles. The molecule has 0 spiro atoms. The van der Waals surface area contributed by atoms with Crippen LogP contribution in [0.2, 0.25) is 0 Å². The van der Waals surface area contributed by atoms with Crippen LogP contribution in [0.4, 0.5) is 5.69 Å². The van der Waals surface area contributed by atoms with Gasteiger partial charge in [0.15, 0.2) is 0 Å². The van der Waals surface area contributed by atoms with E-state index in [0.29, 0.717) is 6.04 Å². The van der Waals surface area contributed by atoms with Gasteiger partial charge < -0.3 is 10.2 Å². The van der Waals surface area contributed by atoms with Crippen molar-refractivity contribution >= 4 is 5.69 Å². The van der Waals surface area contributed by atoms with Gasteiger partial charge in [-0.15, -0.1) is 0 Å². The van der Waals surface area contributed by atoms with Gasteiger partial charge in [0, 0.05) is 31.9 Å². The van der Waals surface area contributed by atoms with Gasteiger partial charge in [0.05, 0.1) is 17.9 Å². The number of nitrogens with zero attached hydrogens (tertiary/aromatic N) is 3. The third-order valence-corrected chi connectivity index (χ3v) is 4.61. The Morgan fingerprint density at radius 2 is 2.10 bits per heavy atom. The predicted molar refractivity (Wildman–Crippen MR) is 86.4 cm³/mol. The van der Waals surface area contributed by atoms with Gasteiger partial charge >= 0.3 is 0 Å². The average molecular weight is 284 g/mol. The molecule has 2 atom stereocenters. The van der Waals surface area contributed by atoms with Crippen LogP contribution in [0.5, 0.6) is 0 Å². The molecule has 4 nitrogen and oxygen atoms in total. The average Bonchev–Trinajstić information content (AvgIpc) is 2.95. The summed E-state index contributed by atoms with van der Waals surface area (Å²) in [6.07, 6.45) is 5.19. The van der Waals surface area contributed by atoms with Gasteiger partial charge in [-0.2, -0.15) is 5.10 Å². The number of hydrogen-bond acceptors (Lipinski definition) is 3. The van der Waals surface area contributed by atoms with Crippen molar-refractivity contribution in [3.63, 3.8) is 0 Å². The van der Waals surface area contributed by atoms with Crippen LogP contribution in [0.1, 0.15) is 31.9 Å². The molecule has 0 bridgehead atoms. The topological polar surface area (TPSA) is 33.1 Å². The van der Waals surface area contributed by atoms with E-state index in [1.807, 2.05) is 17.9 Å². The maximum atomic E-state index is 4.35. The van der Waals surface area contributed by atoms with Gasteiger partial charge in [-0.3, -0.25) is 4.68 Å². The van der Waals surface area contributed by atoms with Crippen molar-refractivity contribution in [2.75, 3.05) is 18.0 Å². The van der Waals surface area contributed by atoms with Gasteiger partial charge in [0.2, 0.25) is 0 Å². The van der Waals surface area contributed by atoms with E-state index in [-0.39, 0.29) is 5.54 Å². The minimum absolute atomic E-state index is 0.154. The molecule has 0 aliphatic carbocycles. The fraction of sp³-hybridized carbons (Fsp3) is 0.471. The highest BCUT2D eigenvalue weighted by Crippen LogP contribution is 2.32. The van der Waals surface area contributed by atoms with E-state index in [1.165, 1.54) is 11.3 Å².